The lowest BCUT2D eigenvalue weighted by atomic mass is 9.97. The smallest absolute Gasteiger partial charge is 0.258 e. The highest BCUT2D eigenvalue weighted by atomic mass is 16.5. The second-order valence-corrected chi connectivity index (χ2v) is 10.9. The molecule has 0 saturated heterocycles. The summed E-state index contributed by atoms with van der Waals surface area (Å²) in [6, 6.07) is 7.46. The number of carbonyl (C=O) groups excluding carboxylic acids is 1. The average molecular weight is 575 g/mol. The van der Waals surface area contributed by atoms with Crippen LogP contribution >= 0.6 is 0 Å². The van der Waals surface area contributed by atoms with Crippen LogP contribution in [0.2, 0.25) is 0 Å². The molecule has 0 spiro atoms. The number of methoxy groups -OCH3 is 2. The second-order valence-electron chi connectivity index (χ2n) is 10.9. The van der Waals surface area contributed by atoms with Gasteiger partial charge in [-0.15, -0.1) is 0 Å². The van der Waals surface area contributed by atoms with Gasteiger partial charge in [-0.05, 0) is 74.4 Å². The van der Waals surface area contributed by atoms with Gasteiger partial charge in [0.15, 0.2) is 0 Å². The van der Waals surface area contributed by atoms with E-state index in [0.717, 1.165) is 106 Å². The van der Waals surface area contributed by atoms with Gasteiger partial charge >= 0.3 is 0 Å². The Kier molecular flexibility index (Phi) is 8.77. The fourth-order valence-electron chi connectivity index (χ4n) is 6.26. The third-order valence-electron chi connectivity index (χ3n) is 8.05. The van der Waals surface area contributed by atoms with Gasteiger partial charge in [-0.1, -0.05) is 6.07 Å². The minimum absolute atomic E-state index is 0.000963. The van der Waals surface area contributed by atoms with Crippen molar-refractivity contribution in [2.45, 2.75) is 59.6 Å². The number of nitrogens with zero attached hydrogens (tertiary/aromatic N) is 2. The molecule has 2 aliphatic heterocycles. The summed E-state index contributed by atoms with van der Waals surface area (Å²) in [6.45, 7) is 6.10. The monoisotopic (exact) mass is 574 g/mol. The number of benzene rings is 2. The van der Waals surface area contributed by atoms with Crippen LogP contribution in [0.3, 0.4) is 0 Å². The molecule has 4 aromatic rings. The van der Waals surface area contributed by atoms with Crippen LogP contribution < -0.4 is 21.8 Å². The first-order valence-corrected chi connectivity index (χ1v) is 14.2. The Morgan fingerprint density at radius 2 is 1.31 bits per heavy atom. The predicted molar refractivity (Wildman–Crippen MR) is 165 cm³/mol. The number of nitrogens with one attached hydrogen (secondary N) is 2. The summed E-state index contributed by atoms with van der Waals surface area (Å²) in [7, 11) is 3.14. The van der Waals surface area contributed by atoms with Gasteiger partial charge in [-0.25, -0.2) is 0 Å². The van der Waals surface area contributed by atoms with Crippen LogP contribution in [0.4, 0.5) is 11.4 Å². The number of aryl methyl sites for hydroxylation is 2. The number of carbonyl (C=O) groups is 1. The Morgan fingerprint density at radius 1 is 0.810 bits per heavy atom. The Morgan fingerprint density at radius 3 is 1.79 bits per heavy atom. The van der Waals surface area contributed by atoms with E-state index >= 15 is 0 Å². The van der Waals surface area contributed by atoms with Crippen LogP contribution in [0, 0.1) is 13.8 Å². The van der Waals surface area contributed by atoms with Crippen LogP contribution in [-0.2, 0) is 42.4 Å². The highest BCUT2D eigenvalue weighted by Crippen LogP contribution is 2.33. The molecule has 6 rings (SSSR count). The van der Waals surface area contributed by atoms with Crippen molar-refractivity contribution in [3.05, 3.63) is 78.4 Å². The largest absolute Gasteiger partial charge is 0.392 e. The lowest BCUT2D eigenvalue weighted by molar-refractivity contribution is 0.112. The van der Waals surface area contributed by atoms with Crippen molar-refractivity contribution in [3.63, 3.8) is 0 Å². The summed E-state index contributed by atoms with van der Waals surface area (Å²) in [5.74, 6) is 0. The van der Waals surface area contributed by atoms with Gasteiger partial charge in [-0.2, -0.15) is 0 Å². The number of aromatic nitrogens is 2. The predicted octanol–water partition coefficient (Wildman–Crippen LogP) is 3.85. The molecule has 0 radical (unpaired) electrons. The second kappa shape index (κ2) is 12.5. The molecule has 10 nitrogen and oxygen atoms in total. The Labute approximate surface area is 243 Å². The molecule has 0 bridgehead atoms. The normalized spacial score (nSPS) is 13.9. The molecule has 2 aliphatic rings. The van der Waals surface area contributed by atoms with E-state index < -0.39 is 0 Å². The van der Waals surface area contributed by atoms with Gasteiger partial charge in [-0.3, -0.25) is 23.5 Å². The number of hydrogen-bond donors (Lipinski definition) is 3. The molecular formula is C32H38N4O6. The number of pyridine rings is 2. The molecule has 0 saturated carbocycles. The average Bonchev–Trinajstić information content (AvgIpc) is 3.01. The molecule has 0 unspecified atom stereocenters. The number of rotatable bonds is 6. The number of ether oxygens (including phenoxy) is 2. The number of aliphatic hydroxyl groups is 1. The first-order chi connectivity index (χ1) is 20.3. The fraction of sp³-hybridized carbons (Fsp3) is 0.406. The first-order valence-electron chi connectivity index (χ1n) is 14.2. The summed E-state index contributed by atoms with van der Waals surface area (Å²) in [4.78, 5) is 36.5. The van der Waals surface area contributed by atoms with Gasteiger partial charge in [0.2, 0.25) is 0 Å². The van der Waals surface area contributed by atoms with Crippen molar-refractivity contribution in [1.29, 1.82) is 0 Å². The third-order valence-corrected chi connectivity index (χ3v) is 8.05. The molecule has 3 N–H and O–H groups in total. The number of anilines is 2. The Balaban J connectivity index is 0.000000168. The number of aliphatic hydroxyl groups excluding tert-OH is 1. The van der Waals surface area contributed by atoms with E-state index in [0.29, 0.717) is 5.56 Å². The minimum Gasteiger partial charge on any atom is -0.392 e. The van der Waals surface area contributed by atoms with Crippen molar-refractivity contribution < 1.29 is 19.4 Å². The minimum atomic E-state index is -0.0392. The topological polar surface area (TPSA) is 124 Å². The first kappa shape index (κ1) is 29.5. The molecule has 222 valence electrons. The van der Waals surface area contributed by atoms with Crippen molar-refractivity contribution in [2.75, 3.05) is 37.9 Å². The highest BCUT2D eigenvalue weighted by Gasteiger charge is 2.22. The zero-order valence-corrected chi connectivity index (χ0v) is 24.6. The molecule has 4 heterocycles. The Bertz CT molecular complexity index is 1790. The summed E-state index contributed by atoms with van der Waals surface area (Å²) < 4.78 is 13.6. The van der Waals surface area contributed by atoms with Gasteiger partial charge < -0.3 is 25.2 Å². The van der Waals surface area contributed by atoms with Crippen LogP contribution in [0.25, 0.3) is 21.8 Å². The molecule has 0 atom stereocenters. The number of fused-ring (bicyclic) bond motifs is 6. The Hall–Kier alpha value is -3.99. The summed E-state index contributed by atoms with van der Waals surface area (Å²) >= 11 is 0. The van der Waals surface area contributed by atoms with Crippen molar-refractivity contribution in [3.8, 4) is 0 Å². The molecule has 2 aromatic heterocycles. The summed E-state index contributed by atoms with van der Waals surface area (Å²) in [6.07, 6.45) is 4.29. The van der Waals surface area contributed by atoms with Crippen LogP contribution in [-0.4, -0.2) is 47.8 Å². The maximum absolute atomic E-state index is 12.7. The van der Waals surface area contributed by atoms with E-state index in [-0.39, 0.29) is 31.2 Å². The molecule has 42 heavy (non-hydrogen) atoms. The molecule has 0 fully saturated rings. The number of aldehydes is 1. The highest BCUT2D eigenvalue weighted by molar-refractivity contribution is 5.99. The van der Waals surface area contributed by atoms with Crippen LogP contribution in [0.15, 0.2) is 33.9 Å². The van der Waals surface area contributed by atoms with E-state index in [1.807, 2.05) is 32.0 Å². The van der Waals surface area contributed by atoms with Gasteiger partial charge in [0.05, 0.1) is 29.0 Å². The van der Waals surface area contributed by atoms with Crippen molar-refractivity contribution >= 4 is 39.5 Å². The lowest BCUT2D eigenvalue weighted by Crippen LogP contribution is -2.29. The third kappa shape index (κ3) is 5.21. The van der Waals surface area contributed by atoms with Gasteiger partial charge in [0, 0.05) is 54.8 Å². The lowest BCUT2D eigenvalue weighted by Gasteiger charge is -2.23. The molecule has 10 heteroatoms. The van der Waals surface area contributed by atoms with Crippen molar-refractivity contribution in [2.24, 2.45) is 0 Å². The maximum atomic E-state index is 12.7. The maximum Gasteiger partial charge on any atom is 0.258 e. The van der Waals surface area contributed by atoms with Crippen molar-refractivity contribution in [1.82, 2.24) is 9.13 Å². The van der Waals surface area contributed by atoms with E-state index in [1.165, 1.54) is 0 Å². The molecule has 0 amide bonds. The fourth-order valence-corrected chi connectivity index (χ4v) is 6.26. The van der Waals surface area contributed by atoms with Gasteiger partial charge in [0.1, 0.15) is 19.7 Å². The summed E-state index contributed by atoms with van der Waals surface area (Å²) in [5, 5.41) is 18.2. The zero-order valence-electron chi connectivity index (χ0n) is 24.6. The molecule has 0 aliphatic carbocycles. The number of hydrogen-bond acceptors (Lipinski definition) is 8. The van der Waals surface area contributed by atoms with E-state index in [1.54, 1.807) is 29.4 Å². The quantitative estimate of drug-likeness (QED) is 0.297. The van der Waals surface area contributed by atoms with E-state index in [4.69, 9.17) is 9.47 Å². The van der Waals surface area contributed by atoms with Crippen LogP contribution in [0.1, 0.15) is 51.0 Å². The van der Waals surface area contributed by atoms with E-state index in [2.05, 4.69) is 10.6 Å². The molecule has 2 aromatic carbocycles. The zero-order chi connectivity index (χ0) is 30.0. The SMILES string of the molecule is COCn1c(=O)c2c(c3c(C)cc(C=O)cc31)NCCC2.COCn1c(=O)c2c(c3c(C)cc(CO)cc31)NCCC2. The standard InChI is InChI=1S/C16H20N2O3.C16H18N2O3/c2*1-10-6-11(8-19)7-13-14(10)15-12(4-3-5-17-15)16(20)18(13)9-21-2/h6-7,17,19H,3-5,8-9H2,1-2H3;6-8,17H,3-5,9H2,1-2H3. The van der Waals surface area contributed by atoms with Gasteiger partial charge in [0.25, 0.3) is 11.1 Å². The summed E-state index contributed by atoms with van der Waals surface area (Å²) in [5.41, 5.74) is 8.49. The molecular weight excluding hydrogens is 536 g/mol. The van der Waals surface area contributed by atoms with Crippen LogP contribution in [0.5, 0.6) is 0 Å². The van der Waals surface area contributed by atoms with E-state index in [9.17, 15) is 19.5 Å².